The quantitative estimate of drug-likeness (QED) is 0.885. The van der Waals surface area contributed by atoms with Crippen molar-refractivity contribution in [3.05, 3.63) is 35.4 Å². The van der Waals surface area contributed by atoms with Gasteiger partial charge in [0.15, 0.2) is 0 Å². The van der Waals surface area contributed by atoms with Crippen molar-refractivity contribution in [3.63, 3.8) is 0 Å². The van der Waals surface area contributed by atoms with Crippen molar-refractivity contribution in [1.82, 2.24) is 4.90 Å². The average molecular weight is 261 g/mol. The summed E-state index contributed by atoms with van der Waals surface area (Å²) in [6.07, 6.45) is 2.44. The van der Waals surface area contributed by atoms with Gasteiger partial charge in [0.05, 0.1) is 12.0 Å². The van der Waals surface area contributed by atoms with Gasteiger partial charge in [0.2, 0.25) is 5.91 Å². The molecule has 1 aromatic carbocycles. The number of benzene rings is 1. The van der Waals surface area contributed by atoms with Gasteiger partial charge >= 0.3 is 5.97 Å². The van der Waals surface area contributed by atoms with Crippen LogP contribution in [0.15, 0.2) is 24.3 Å². The molecule has 0 aliphatic heterocycles. The fourth-order valence-electron chi connectivity index (χ4n) is 2.35. The van der Waals surface area contributed by atoms with E-state index in [-0.39, 0.29) is 23.9 Å². The molecule has 0 atom stereocenters. The van der Waals surface area contributed by atoms with E-state index in [1.165, 1.54) is 6.07 Å². The molecule has 4 heteroatoms. The Morgan fingerprint density at radius 3 is 2.58 bits per heavy atom. The molecular weight excluding hydrogens is 242 g/mol. The molecule has 1 saturated carbocycles. The monoisotopic (exact) mass is 261 g/mol. The van der Waals surface area contributed by atoms with E-state index in [1.807, 2.05) is 18.7 Å². The number of aromatic carboxylic acids is 1. The fraction of sp³-hybridized carbons (Fsp3) is 0.467. The Hall–Kier alpha value is -1.84. The lowest BCUT2D eigenvalue weighted by molar-refractivity contribution is -0.132. The molecular formula is C15H19NO3. The lowest BCUT2D eigenvalue weighted by Crippen LogP contribution is -2.39. The molecule has 1 fully saturated rings. The summed E-state index contributed by atoms with van der Waals surface area (Å²) in [6, 6.07) is 7.18. The highest BCUT2D eigenvalue weighted by Crippen LogP contribution is 2.29. The molecule has 1 amide bonds. The van der Waals surface area contributed by atoms with Gasteiger partial charge in [-0.15, -0.1) is 0 Å². The first-order chi connectivity index (χ1) is 8.99. The number of carboxylic acids is 1. The molecule has 4 nitrogen and oxygen atoms in total. The lowest BCUT2D eigenvalue weighted by atomic mass is 10.1. The summed E-state index contributed by atoms with van der Waals surface area (Å²) in [5.41, 5.74) is 0.990. The van der Waals surface area contributed by atoms with E-state index in [1.54, 1.807) is 18.2 Å². The Balaban J connectivity index is 2.09. The molecule has 0 unspecified atom stereocenters. The van der Waals surface area contributed by atoms with Crippen LogP contribution >= 0.6 is 0 Å². The van der Waals surface area contributed by atoms with Crippen molar-refractivity contribution >= 4 is 11.9 Å². The van der Waals surface area contributed by atoms with E-state index in [2.05, 4.69) is 0 Å². The van der Waals surface area contributed by atoms with Crippen LogP contribution in [0.4, 0.5) is 0 Å². The number of hydrogen-bond acceptors (Lipinski definition) is 2. The Labute approximate surface area is 113 Å². The highest BCUT2D eigenvalue weighted by molar-refractivity contribution is 5.88. The van der Waals surface area contributed by atoms with Gasteiger partial charge in [-0.25, -0.2) is 4.79 Å². The summed E-state index contributed by atoms with van der Waals surface area (Å²) in [5, 5.41) is 8.94. The van der Waals surface area contributed by atoms with Crippen molar-refractivity contribution in [2.75, 3.05) is 0 Å². The molecule has 0 heterocycles. The summed E-state index contributed by atoms with van der Waals surface area (Å²) < 4.78 is 0. The molecule has 102 valence electrons. The van der Waals surface area contributed by atoms with E-state index in [4.69, 9.17) is 5.11 Å². The average Bonchev–Trinajstić information content (AvgIpc) is 3.13. The lowest BCUT2D eigenvalue weighted by Gasteiger charge is -2.26. The second-order valence-electron chi connectivity index (χ2n) is 5.31. The maximum atomic E-state index is 12.3. The zero-order valence-corrected chi connectivity index (χ0v) is 11.3. The van der Waals surface area contributed by atoms with Crippen LogP contribution in [0.3, 0.4) is 0 Å². The van der Waals surface area contributed by atoms with Crippen LogP contribution in [0.2, 0.25) is 0 Å². The summed E-state index contributed by atoms with van der Waals surface area (Å²) in [4.78, 5) is 25.1. The van der Waals surface area contributed by atoms with E-state index in [0.717, 1.165) is 18.4 Å². The summed E-state index contributed by atoms with van der Waals surface area (Å²) in [7, 11) is 0. The predicted octanol–water partition coefficient (Wildman–Crippen LogP) is 2.33. The minimum atomic E-state index is -0.961. The van der Waals surface area contributed by atoms with Crippen LogP contribution < -0.4 is 0 Å². The van der Waals surface area contributed by atoms with Gasteiger partial charge in [-0.3, -0.25) is 4.79 Å². The second-order valence-corrected chi connectivity index (χ2v) is 5.31. The van der Waals surface area contributed by atoms with Crippen LogP contribution in [-0.4, -0.2) is 34.0 Å². The molecule has 2 rings (SSSR count). The molecule has 19 heavy (non-hydrogen) atoms. The summed E-state index contributed by atoms with van der Waals surface area (Å²) >= 11 is 0. The minimum Gasteiger partial charge on any atom is -0.478 e. The number of amides is 1. The van der Waals surface area contributed by atoms with Crippen molar-refractivity contribution in [1.29, 1.82) is 0 Å². The van der Waals surface area contributed by atoms with E-state index >= 15 is 0 Å². The molecule has 1 N–H and O–H groups in total. The first-order valence-electron chi connectivity index (χ1n) is 6.62. The number of carboxylic acid groups (broad SMARTS) is 1. The van der Waals surface area contributed by atoms with Crippen molar-refractivity contribution < 1.29 is 14.7 Å². The predicted molar refractivity (Wildman–Crippen MR) is 72.1 cm³/mol. The van der Waals surface area contributed by atoms with Crippen LogP contribution in [0.1, 0.15) is 42.6 Å². The van der Waals surface area contributed by atoms with Gasteiger partial charge in [-0.05, 0) is 44.4 Å². The largest absolute Gasteiger partial charge is 0.478 e. The molecule has 1 aliphatic carbocycles. The third-order valence-electron chi connectivity index (χ3n) is 3.31. The summed E-state index contributed by atoms with van der Waals surface area (Å²) in [6.45, 7) is 4.04. The maximum Gasteiger partial charge on any atom is 0.335 e. The van der Waals surface area contributed by atoms with Crippen molar-refractivity contribution in [3.8, 4) is 0 Å². The first-order valence-corrected chi connectivity index (χ1v) is 6.62. The first kappa shape index (κ1) is 13.6. The molecule has 0 aromatic heterocycles. The SMILES string of the molecule is CC(C)N(C(=O)Cc1cccc(C(=O)O)c1)C1CC1. The van der Waals surface area contributed by atoms with Crippen LogP contribution in [0.5, 0.6) is 0 Å². The van der Waals surface area contributed by atoms with E-state index < -0.39 is 5.97 Å². The highest BCUT2D eigenvalue weighted by Gasteiger charge is 2.33. The Kier molecular flexibility index (Phi) is 3.88. The number of carbonyl (C=O) groups is 2. The van der Waals surface area contributed by atoms with Crippen LogP contribution in [0.25, 0.3) is 0 Å². The number of rotatable bonds is 5. The molecule has 1 aromatic rings. The van der Waals surface area contributed by atoms with Gasteiger partial charge in [-0.2, -0.15) is 0 Å². The van der Waals surface area contributed by atoms with Crippen molar-refractivity contribution in [2.24, 2.45) is 0 Å². The third kappa shape index (κ3) is 3.34. The number of carbonyl (C=O) groups excluding carboxylic acids is 1. The summed E-state index contributed by atoms with van der Waals surface area (Å²) in [5.74, 6) is -0.878. The van der Waals surface area contributed by atoms with Crippen LogP contribution in [-0.2, 0) is 11.2 Å². The smallest absolute Gasteiger partial charge is 0.335 e. The topological polar surface area (TPSA) is 57.6 Å². The highest BCUT2D eigenvalue weighted by atomic mass is 16.4. The zero-order chi connectivity index (χ0) is 14.0. The van der Waals surface area contributed by atoms with Gasteiger partial charge in [0.25, 0.3) is 0 Å². The normalized spacial score (nSPS) is 14.5. The van der Waals surface area contributed by atoms with Gasteiger partial charge < -0.3 is 10.0 Å². The van der Waals surface area contributed by atoms with E-state index in [0.29, 0.717) is 6.04 Å². The van der Waals surface area contributed by atoms with Crippen LogP contribution in [0, 0.1) is 0 Å². The number of hydrogen-bond donors (Lipinski definition) is 1. The molecule has 0 radical (unpaired) electrons. The van der Waals surface area contributed by atoms with Crippen molar-refractivity contribution in [2.45, 2.75) is 45.2 Å². The van der Waals surface area contributed by atoms with E-state index in [9.17, 15) is 9.59 Å². The zero-order valence-electron chi connectivity index (χ0n) is 11.3. The van der Waals surface area contributed by atoms with Gasteiger partial charge in [-0.1, -0.05) is 12.1 Å². The van der Waals surface area contributed by atoms with Gasteiger partial charge in [0.1, 0.15) is 0 Å². The standard InChI is InChI=1S/C15H19NO3/c1-10(2)16(13-6-7-13)14(17)9-11-4-3-5-12(8-11)15(18)19/h3-5,8,10,13H,6-7,9H2,1-2H3,(H,18,19). The molecule has 0 saturated heterocycles. The second kappa shape index (κ2) is 5.43. The molecule has 0 spiro atoms. The Morgan fingerprint density at radius 2 is 2.05 bits per heavy atom. The molecule has 1 aliphatic rings. The molecule has 0 bridgehead atoms. The fourth-order valence-corrected chi connectivity index (χ4v) is 2.35. The third-order valence-corrected chi connectivity index (χ3v) is 3.31. The Morgan fingerprint density at radius 1 is 1.37 bits per heavy atom. The minimum absolute atomic E-state index is 0.0834. The van der Waals surface area contributed by atoms with Gasteiger partial charge in [0, 0.05) is 12.1 Å². The number of nitrogens with zero attached hydrogens (tertiary/aromatic N) is 1. The Bertz CT molecular complexity index is 490. The maximum absolute atomic E-state index is 12.3.